The molecule has 0 aliphatic carbocycles. The third-order valence-corrected chi connectivity index (χ3v) is 1.08. The second kappa shape index (κ2) is 4.68. The molecule has 0 saturated heterocycles. The fourth-order valence-electron chi connectivity index (χ4n) is 0.355. The Morgan fingerprint density at radius 1 is 1.44 bits per heavy atom. The van der Waals surface area contributed by atoms with Gasteiger partial charge in [0.05, 0.1) is 6.10 Å². The minimum Gasteiger partial charge on any atom is -0.373 e. The molecule has 0 aromatic carbocycles. The highest BCUT2D eigenvalue weighted by atomic mass is 19.3. The normalized spacial score (nSPS) is 14.3. The van der Waals surface area contributed by atoms with Crippen LogP contribution in [0.4, 0.5) is 8.78 Å². The molecule has 0 aliphatic heterocycles. The molecule has 0 spiro atoms. The Morgan fingerprint density at radius 3 is 2.33 bits per heavy atom. The maximum absolute atomic E-state index is 11.4. The van der Waals surface area contributed by atoms with Crippen LogP contribution in [0, 0.1) is 0 Å². The van der Waals surface area contributed by atoms with Crippen LogP contribution in [0.15, 0.2) is 0 Å². The van der Waals surface area contributed by atoms with E-state index >= 15 is 0 Å². The zero-order valence-electron chi connectivity index (χ0n) is 5.73. The monoisotopic (exact) mass is 138 g/mol. The summed E-state index contributed by atoms with van der Waals surface area (Å²) in [5.41, 5.74) is 0. The van der Waals surface area contributed by atoms with Gasteiger partial charge < -0.3 is 4.74 Å². The van der Waals surface area contributed by atoms with E-state index in [-0.39, 0.29) is 6.10 Å². The predicted molar refractivity (Wildman–Crippen MR) is 31.7 cm³/mol. The maximum Gasteiger partial charge on any atom is 0.261 e. The third kappa shape index (κ3) is 5.69. The van der Waals surface area contributed by atoms with Crippen LogP contribution in [0.5, 0.6) is 0 Å². The lowest BCUT2D eigenvalue weighted by Gasteiger charge is -2.08. The van der Waals surface area contributed by atoms with Gasteiger partial charge in [-0.1, -0.05) is 6.92 Å². The van der Waals surface area contributed by atoms with Crippen molar-refractivity contribution < 1.29 is 13.5 Å². The first-order valence-electron chi connectivity index (χ1n) is 3.06. The molecule has 3 heteroatoms. The lowest BCUT2D eigenvalue weighted by Crippen LogP contribution is -2.12. The van der Waals surface area contributed by atoms with E-state index in [0.717, 1.165) is 6.42 Å². The lowest BCUT2D eigenvalue weighted by atomic mass is 10.3. The van der Waals surface area contributed by atoms with Crippen molar-refractivity contribution in [2.24, 2.45) is 0 Å². The Morgan fingerprint density at radius 2 is 2.00 bits per heavy atom. The van der Waals surface area contributed by atoms with Crippen molar-refractivity contribution in [3.8, 4) is 0 Å². The quantitative estimate of drug-likeness (QED) is 0.577. The van der Waals surface area contributed by atoms with Crippen LogP contribution in [0.25, 0.3) is 0 Å². The summed E-state index contributed by atoms with van der Waals surface area (Å²) in [7, 11) is 0. The van der Waals surface area contributed by atoms with Gasteiger partial charge in [-0.05, 0) is 13.3 Å². The zero-order chi connectivity index (χ0) is 7.28. The van der Waals surface area contributed by atoms with Crippen molar-refractivity contribution in [2.45, 2.75) is 32.8 Å². The van der Waals surface area contributed by atoms with Gasteiger partial charge in [-0.3, -0.25) is 0 Å². The highest BCUT2D eigenvalue weighted by Crippen LogP contribution is 1.99. The molecule has 1 unspecified atom stereocenters. The number of hydrogen-bond acceptors (Lipinski definition) is 1. The van der Waals surface area contributed by atoms with Crippen molar-refractivity contribution in [3.63, 3.8) is 0 Å². The second-order valence-corrected chi connectivity index (χ2v) is 1.94. The fourth-order valence-corrected chi connectivity index (χ4v) is 0.355. The first-order valence-corrected chi connectivity index (χ1v) is 3.06. The molecule has 0 fully saturated rings. The van der Waals surface area contributed by atoms with E-state index < -0.39 is 13.0 Å². The van der Waals surface area contributed by atoms with Crippen LogP contribution in [0.3, 0.4) is 0 Å². The SMILES string of the molecule is CCC(C)OCC(F)F. The molecule has 0 radical (unpaired) electrons. The minimum atomic E-state index is -2.33. The van der Waals surface area contributed by atoms with E-state index in [2.05, 4.69) is 0 Å². The van der Waals surface area contributed by atoms with Crippen molar-refractivity contribution in [3.05, 3.63) is 0 Å². The molecular weight excluding hydrogens is 126 g/mol. The summed E-state index contributed by atoms with van der Waals surface area (Å²) < 4.78 is 27.5. The van der Waals surface area contributed by atoms with Crippen molar-refractivity contribution >= 4 is 0 Å². The molecule has 1 atom stereocenters. The first-order chi connectivity index (χ1) is 4.16. The van der Waals surface area contributed by atoms with Gasteiger partial charge in [-0.2, -0.15) is 0 Å². The second-order valence-electron chi connectivity index (χ2n) is 1.94. The molecular formula is C6H12F2O. The average Bonchev–Trinajstić information content (AvgIpc) is 1.83. The molecule has 0 bridgehead atoms. The number of alkyl halides is 2. The Hall–Kier alpha value is -0.180. The molecule has 0 saturated carbocycles. The van der Waals surface area contributed by atoms with E-state index in [1.165, 1.54) is 0 Å². The fraction of sp³-hybridized carbons (Fsp3) is 1.00. The smallest absolute Gasteiger partial charge is 0.261 e. The van der Waals surface area contributed by atoms with Gasteiger partial charge in [0.25, 0.3) is 6.43 Å². The zero-order valence-corrected chi connectivity index (χ0v) is 5.73. The van der Waals surface area contributed by atoms with Crippen molar-refractivity contribution in [1.82, 2.24) is 0 Å². The Balaban J connectivity index is 3.06. The van der Waals surface area contributed by atoms with Gasteiger partial charge in [-0.25, -0.2) is 8.78 Å². The summed E-state index contributed by atoms with van der Waals surface area (Å²) in [6.45, 7) is 3.24. The van der Waals surface area contributed by atoms with Gasteiger partial charge in [0.15, 0.2) is 0 Å². The van der Waals surface area contributed by atoms with Gasteiger partial charge in [0.1, 0.15) is 6.61 Å². The molecule has 0 aromatic rings. The van der Waals surface area contributed by atoms with E-state index in [0.29, 0.717) is 0 Å². The molecule has 1 nitrogen and oxygen atoms in total. The minimum absolute atomic E-state index is 0.0426. The van der Waals surface area contributed by atoms with Crippen molar-refractivity contribution in [2.75, 3.05) is 6.61 Å². The summed E-state index contributed by atoms with van der Waals surface area (Å²) in [6, 6.07) is 0. The van der Waals surface area contributed by atoms with Gasteiger partial charge in [0, 0.05) is 0 Å². The number of halogens is 2. The van der Waals surface area contributed by atoms with Crippen LogP contribution in [0.1, 0.15) is 20.3 Å². The van der Waals surface area contributed by atoms with Gasteiger partial charge in [0.2, 0.25) is 0 Å². The lowest BCUT2D eigenvalue weighted by molar-refractivity contribution is -0.0180. The maximum atomic E-state index is 11.4. The Bertz CT molecular complexity index is 66.1. The largest absolute Gasteiger partial charge is 0.373 e. The van der Waals surface area contributed by atoms with Crippen molar-refractivity contribution in [1.29, 1.82) is 0 Å². The van der Waals surface area contributed by atoms with Crippen LogP contribution >= 0.6 is 0 Å². The van der Waals surface area contributed by atoms with Crippen LogP contribution in [-0.4, -0.2) is 19.1 Å². The molecule has 0 aromatic heterocycles. The van der Waals surface area contributed by atoms with E-state index in [4.69, 9.17) is 4.74 Å². The van der Waals surface area contributed by atoms with Crippen LogP contribution < -0.4 is 0 Å². The van der Waals surface area contributed by atoms with E-state index in [9.17, 15) is 8.78 Å². The van der Waals surface area contributed by atoms with Crippen LogP contribution in [-0.2, 0) is 4.74 Å². The van der Waals surface area contributed by atoms with E-state index in [1.807, 2.05) is 6.92 Å². The standard InChI is InChI=1S/C6H12F2O/c1-3-5(2)9-4-6(7)8/h5-6H,3-4H2,1-2H3. The Kier molecular flexibility index (Phi) is 4.58. The predicted octanol–water partition coefficient (Wildman–Crippen LogP) is 2.07. The number of rotatable bonds is 4. The summed E-state index contributed by atoms with van der Waals surface area (Å²) in [5.74, 6) is 0. The topological polar surface area (TPSA) is 9.23 Å². The van der Waals surface area contributed by atoms with Crippen LogP contribution in [0.2, 0.25) is 0 Å². The molecule has 0 aliphatic rings. The molecule has 0 amide bonds. The summed E-state index contributed by atoms with van der Waals surface area (Å²) in [5, 5.41) is 0. The average molecular weight is 138 g/mol. The molecule has 0 rings (SSSR count). The van der Waals surface area contributed by atoms with Gasteiger partial charge in [-0.15, -0.1) is 0 Å². The number of ether oxygens (including phenoxy) is 1. The summed E-state index contributed by atoms with van der Waals surface area (Å²) in [6.07, 6.45) is -1.59. The summed E-state index contributed by atoms with van der Waals surface area (Å²) >= 11 is 0. The molecule has 0 heterocycles. The first kappa shape index (κ1) is 8.82. The highest BCUT2D eigenvalue weighted by molar-refractivity contribution is 4.44. The molecule has 56 valence electrons. The molecule has 0 N–H and O–H groups in total. The summed E-state index contributed by atoms with van der Waals surface area (Å²) in [4.78, 5) is 0. The molecule has 9 heavy (non-hydrogen) atoms. The highest BCUT2D eigenvalue weighted by Gasteiger charge is 2.04. The Labute approximate surface area is 54.0 Å². The van der Waals surface area contributed by atoms with Gasteiger partial charge >= 0.3 is 0 Å². The van der Waals surface area contributed by atoms with E-state index in [1.54, 1.807) is 6.92 Å². The third-order valence-electron chi connectivity index (χ3n) is 1.08. The number of hydrogen-bond donors (Lipinski definition) is 0.